The van der Waals surface area contributed by atoms with E-state index in [0.717, 1.165) is 37.9 Å². The minimum absolute atomic E-state index is 0.0800. The summed E-state index contributed by atoms with van der Waals surface area (Å²) in [7, 11) is -3.60. The van der Waals surface area contributed by atoms with Gasteiger partial charge in [0.1, 0.15) is 0 Å². The summed E-state index contributed by atoms with van der Waals surface area (Å²) >= 11 is 12.3. The van der Waals surface area contributed by atoms with Crippen LogP contribution in [-0.2, 0) is 16.6 Å². The number of carbonyl (C=O) groups is 1. The summed E-state index contributed by atoms with van der Waals surface area (Å²) in [6, 6.07) is 11.8. The molecule has 0 radical (unpaired) electrons. The maximum atomic E-state index is 12.4. The van der Waals surface area contributed by atoms with Gasteiger partial charge in [-0.2, -0.15) is 0 Å². The van der Waals surface area contributed by atoms with Crippen molar-refractivity contribution in [2.45, 2.75) is 25.8 Å². The molecule has 1 amide bonds. The zero-order chi connectivity index (χ0) is 22.4. The first kappa shape index (κ1) is 23.9. The lowest BCUT2D eigenvalue weighted by molar-refractivity contribution is 0.0952. The van der Waals surface area contributed by atoms with Crippen molar-refractivity contribution in [3.8, 4) is 0 Å². The van der Waals surface area contributed by atoms with Crippen LogP contribution in [0.4, 0.5) is 5.69 Å². The fraction of sp³-hybridized carbons (Fsp3) is 0.409. The lowest BCUT2D eigenvalue weighted by atomic mass is 10.1. The molecule has 1 aliphatic heterocycles. The molecule has 1 N–H and O–H groups in total. The van der Waals surface area contributed by atoms with Gasteiger partial charge in [-0.05, 0) is 68.7 Å². The predicted octanol–water partition coefficient (Wildman–Crippen LogP) is 4.18. The number of rotatable bonds is 9. The fourth-order valence-corrected chi connectivity index (χ4v) is 4.95. The van der Waals surface area contributed by atoms with Crippen LogP contribution in [-0.4, -0.2) is 51.7 Å². The number of halogens is 2. The van der Waals surface area contributed by atoms with Crippen molar-refractivity contribution in [1.82, 2.24) is 10.2 Å². The number of nitrogens with one attached hydrogen (secondary N) is 1. The SMILES string of the molecule is CS(=O)(=O)N(Cc1ccc(C(=O)NCCCN2CCCC2)cc1)c1cccc(Cl)c1Cl. The molecule has 3 rings (SSSR count). The lowest BCUT2D eigenvalue weighted by Gasteiger charge is -2.24. The van der Waals surface area contributed by atoms with Gasteiger partial charge in [-0.15, -0.1) is 0 Å². The Kier molecular flexibility index (Phi) is 8.22. The largest absolute Gasteiger partial charge is 0.352 e. The molecule has 0 bridgehead atoms. The molecule has 0 saturated carbocycles. The summed E-state index contributed by atoms with van der Waals surface area (Å²) in [5.41, 5.74) is 1.58. The topological polar surface area (TPSA) is 69.7 Å². The normalized spacial score (nSPS) is 14.5. The van der Waals surface area contributed by atoms with Gasteiger partial charge in [-0.1, -0.05) is 41.4 Å². The Balaban J connectivity index is 1.61. The van der Waals surface area contributed by atoms with Gasteiger partial charge >= 0.3 is 0 Å². The minimum Gasteiger partial charge on any atom is -0.352 e. The van der Waals surface area contributed by atoms with Crippen LogP contribution in [0, 0.1) is 0 Å². The third-order valence-corrected chi connectivity index (χ3v) is 7.21. The van der Waals surface area contributed by atoms with Crippen LogP contribution >= 0.6 is 23.2 Å². The zero-order valence-corrected chi connectivity index (χ0v) is 19.8. The summed E-state index contributed by atoms with van der Waals surface area (Å²) in [6.45, 7) is 4.02. The third kappa shape index (κ3) is 6.59. The number of benzene rings is 2. The first-order valence-corrected chi connectivity index (χ1v) is 12.9. The second-order valence-electron chi connectivity index (χ2n) is 7.70. The van der Waals surface area contributed by atoms with E-state index in [-0.39, 0.29) is 22.5 Å². The highest BCUT2D eigenvalue weighted by Crippen LogP contribution is 2.34. The molecule has 1 saturated heterocycles. The van der Waals surface area contributed by atoms with E-state index in [1.807, 2.05) is 0 Å². The van der Waals surface area contributed by atoms with E-state index in [1.54, 1.807) is 42.5 Å². The lowest BCUT2D eigenvalue weighted by Crippen LogP contribution is -2.30. The number of carbonyl (C=O) groups excluding carboxylic acids is 1. The molecule has 2 aromatic carbocycles. The smallest absolute Gasteiger partial charge is 0.251 e. The highest BCUT2D eigenvalue weighted by molar-refractivity contribution is 7.92. The number of hydrogen-bond donors (Lipinski definition) is 1. The minimum atomic E-state index is -3.60. The Morgan fingerprint density at radius 1 is 1.10 bits per heavy atom. The molecule has 31 heavy (non-hydrogen) atoms. The van der Waals surface area contributed by atoms with Crippen LogP contribution in [0.3, 0.4) is 0 Å². The van der Waals surface area contributed by atoms with E-state index >= 15 is 0 Å². The van der Waals surface area contributed by atoms with Crippen LogP contribution in [0.2, 0.25) is 10.0 Å². The van der Waals surface area contributed by atoms with E-state index < -0.39 is 10.0 Å². The van der Waals surface area contributed by atoms with Crippen molar-refractivity contribution in [3.63, 3.8) is 0 Å². The number of likely N-dealkylation sites (tertiary alicyclic amines) is 1. The Labute approximate surface area is 194 Å². The molecule has 1 aliphatic rings. The first-order valence-electron chi connectivity index (χ1n) is 10.3. The van der Waals surface area contributed by atoms with Crippen LogP contribution < -0.4 is 9.62 Å². The molecule has 0 aliphatic carbocycles. The van der Waals surface area contributed by atoms with E-state index in [9.17, 15) is 13.2 Å². The Hall–Kier alpha value is -1.80. The number of amides is 1. The summed E-state index contributed by atoms with van der Waals surface area (Å²) in [6.07, 6.45) is 4.57. The van der Waals surface area contributed by atoms with Gasteiger partial charge in [0.2, 0.25) is 10.0 Å². The number of nitrogens with zero attached hydrogens (tertiary/aromatic N) is 2. The Morgan fingerprint density at radius 3 is 2.42 bits per heavy atom. The third-order valence-electron chi connectivity index (χ3n) is 5.28. The first-order chi connectivity index (χ1) is 14.8. The van der Waals surface area contributed by atoms with E-state index in [0.29, 0.717) is 17.8 Å². The van der Waals surface area contributed by atoms with Gasteiger partial charge < -0.3 is 10.2 Å². The van der Waals surface area contributed by atoms with E-state index in [2.05, 4.69) is 10.2 Å². The molecule has 0 unspecified atom stereocenters. The number of sulfonamides is 1. The maximum Gasteiger partial charge on any atom is 0.251 e. The maximum absolute atomic E-state index is 12.4. The second-order valence-corrected chi connectivity index (χ2v) is 10.4. The summed E-state index contributed by atoms with van der Waals surface area (Å²) in [5, 5.41) is 3.41. The Bertz CT molecular complexity index is 1010. The molecule has 9 heteroatoms. The number of anilines is 1. The average molecular weight is 484 g/mol. The summed E-state index contributed by atoms with van der Waals surface area (Å²) < 4.78 is 26.0. The molecular formula is C22H27Cl2N3O3S. The van der Waals surface area contributed by atoms with E-state index in [1.165, 1.54) is 17.1 Å². The standard InChI is InChI=1S/C22H27Cl2N3O3S/c1-31(29,30)27(20-7-4-6-19(23)21(20)24)16-17-8-10-18(11-9-17)22(28)25-12-5-15-26-13-2-3-14-26/h4,6-11H,2-3,5,12-16H2,1H3,(H,25,28). The van der Waals surface area contributed by atoms with Crippen molar-refractivity contribution in [1.29, 1.82) is 0 Å². The van der Waals surface area contributed by atoms with E-state index in [4.69, 9.17) is 23.2 Å². The quantitative estimate of drug-likeness (QED) is 0.543. The summed E-state index contributed by atoms with van der Waals surface area (Å²) in [5.74, 6) is -0.133. The molecule has 168 valence electrons. The van der Waals surface area contributed by atoms with Crippen molar-refractivity contribution < 1.29 is 13.2 Å². The molecule has 2 aromatic rings. The molecular weight excluding hydrogens is 457 g/mol. The molecule has 0 atom stereocenters. The van der Waals surface area contributed by atoms with Crippen LogP contribution in [0.15, 0.2) is 42.5 Å². The van der Waals surface area contributed by atoms with Crippen LogP contribution in [0.1, 0.15) is 35.2 Å². The highest BCUT2D eigenvalue weighted by Gasteiger charge is 2.21. The predicted molar refractivity (Wildman–Crippen MR) is 127 cm³/mol. The van der Waals surface area contributed by atoms with Gasteiger partial charge in [-0.25, -0.2) is 8.42 Å². The summed E-state index contributed by atoms with van der Waals surface area (Å²) in [4.78, 5) is 14.8. The number of hydrogen-bond acceptors (Lipinski definition) is 4. The molecule has 1 fully saturated rings. The molecule has 0 spiro atoms. The van der Waals surface area contributed by atoms with Gasteiger partial charge in [0, 0.05) is 12.1 Å². The molecule has 0 aromatic heterocycles. The van der Waals surface area contributed by atoms with Gasteiger partial charge in [0.25, 0.3) is 5.91 Å². The van der Waals surface area contributed by atoms with Crippen LogP contribution in [0.25, 0.3) is 0 Å². The Morgan fingerprint density at radius 2 is 1.77 bits per heavy atom. The highest BCUT2D eigenvalue weighted by atomic mass is 35.5. The van der Waals surface area contributed by atoms with Crippen molar-refractivity contribution in [2.75, 3.05) is 36.7 Å². The van der Waals surface area contributed by atoms with Crippen molar-refractivity contribution in [3.05, 3.63) is 63.6 Å². The van der Waals surface area contributed by atoms with Crippen molar-refractivity contribution in [2.24, 2.45) is 0 Å². The molecule has 6 nitrogen and oxygen atoms in total. The van der Waals surface area contributed by atoms with Crippen LogP contribution in [0.5, 0.6) is 0 Å². The van der Waals surface area contributed by atoms with Gasteiger partial charge in [0.15, 0.2) is 0 Å². The second kappa shape index (κ2) is 10.7. The molecule has 1 heterocycles. The average Bonchev–Trinajstić information content (AvgIpc) is 3.25. The van der Waals surface area contributed by atoms with Gasteiger partial charge in [0.05, 0.1) is 28.5 Å². The van der Waals surface area contributed by atoms with Crippen molar-refractivity contribution >= 4 is 44.8 Å². The van der Waals surface area contributed by atoms with Gasteiger partial charge in [-0.3, -0.25) is 9.10 Å². The fourth-order valence-electron chi connectivity index (χ4n) is 3.61. The monoisotopic (exact) mass is 483 g/mol. The zero-order valence-electron chi connectivity index (χ0n) is 17.5.